The van der Waals surface area contributed by atoms with Gasteiger partial charge in [0.25, 0.3) is 11.5 Å². The summed E-state index contributed by atoms with van der Waals surface area (Å²) >= 11 is 0. The molecule has 0 bridgehead atoms. The van der Waals surface area contributed by atoms with Gasteiger partial charge < -0.3 is 10.1 Å². The van der Waals surface area contributed by atoms with E-state index >= 15 is 0 Å². The zero-order valence-corrected chi connectivity index (χ0v) is 21.4. The molecule has 208 valence electrons. The number of H-pyrrole nitrogens is 1. The van der Waals surface area contributed by atoms with E-state index in [1.54, 1.807) is 18.2 Å². The second-order valence-corrected chi connectivity index (χ2v) is 10.2. The Bertz CT molecular complexity index is 1600. The fourth-order valence-corrected chi connectivity index (χ4v) is 5.28. The van der Waals surface area contributed by atoms with E-state index in [-0.39, 0.29) is 46.1 Å². The zero-order chi connectivity index (χ0) is 27.9. The number of hydrogen-bond acceptors (Lipinski definition) is 6. The maximum atomic E-state index is 13.3. The summed E-state index contributed by atoms with van der Waals surface area (Å²) in [6.45, 7) is 3.63. The van der Waals surface area contributed by atoms with E-state index in [4.69, 9.17) is 4.74 Å². The molecule has 0 radical (unpaired) electrons. The summed E-state index contributed by atoms with van der Waals surface area (Å²) in [7, 11) is 0. The maximum absolute atomic E-state index is 13.3. The fourth-order valence-electron chi connectivity index (χ4n) is 5.28. The van der Waals surface area contributed by atoms with Gasteiger partial charge in [-0.2, -0.15) is 18.3 Å². The van der Waals surface area contributed by atoms with Crippen molar-refractivity contribution >= 4 is 16.8 Å². The van der Waals surface area contributed by atoms with E-state index in [1.165, 1.54) is 29.1 Å². The van der Waals surface area contributed by atoms with E-state index in [0.717, 1.165) is 50.9 Å². The summed E-state index contributed by atoms with van der Waals surface area (Å²) in [6, 6.07) is 12.1. The van der Waals surface area contributed by atoms with E-state index in [1.807, 2.05) is 11.2 Å². The molecule has 2 aliphatic heterocycles. The highest BCUT2D eigenvalue weighted by molar-refractivity contribution is 5.94. The predicted octanol–water partition coefficient (Wildman–Crippen LogP) is 3.45. The minimum atomic E-state index is -4.59. The number of hydrogen-bond donors (Lipinski definition) is 2. The first-order valence-electron chi connectivity index (χ1n) is 13.1. The molecule has 4 aromatic rings. The Morgan fingerprint density at radius 1 is 1.12 bits per heavy atom. The lowest BCUT2D eigenvalue weighted by Gasteiger charge is -2.41. The molecule has 4 heterocycles. The molecule has 6 rings (SSSR count). The highest BCUT2D eigenvalue weighted by Gasteiger charge is 2.36. The number of halogens is 3. The van der Waals surface area contributed by atoms with Crippen LogP contribution in [0.3, 0.4) is 0 Å². The highest BCUT2D eigenvalue weighted by atomic mass is 19.4. The molecule has 2 saturated heterocycles. The fraction of sp³-hybridized carbons (Fsp3) is 0.357. The van der Waals surface area contributed by atoms with Gasteiger partial charge in [-0.1, -0.05) is 18.2 Å². The van der Waals surface area contributed by atoms with Gasteiger partial charge in [0.2, 0.25) is 0 Å². The number of likely N-dealkylation sites (tertiary alicyclic amines) is 1. The number of nitrogens with zero attached hydrogens (tertiary/aromatic N) is 4. The lowest BCUT2D eigenvalue weighted by molar-refractivity contribution is -0.140. The number of nitrogens with one attached hydrogen (secondary N) is 2. The van der Waals surface area contributed by atoms with Crippen molar-refractivity contribution in [2.24, 2.45) is 0 Å². The van der Waals surface area contributed by atoms with Crippen LogP contribution in [0.25, 0.3) is 22.0 Å². The highest BCUT2D eigenvalue weighted by Crippen LogP contribution is 2.35. The molecule has 0 spiro atoms. The molecule has 1 amide bonds. The van der Waals surface area contributed by atoms with Crippen LogP contribution in [0, 0.1) is 0 Å². The third kappa shape index (κ3) is 5.24. The third-order valence-corrected chi connectivity index (χ3v) is 7.60. The SMILES string of the molecule is O=C(NC1CCN(C2COC2)CC1)c1cccc(Cn2cnc3cc(-c4cn[nH]c4C(F)(F)F)ccc3c2=O)c1. The molecular formula is C28H27F3N6O3. The van der Waals surface area contributed by atoms with Crippen molar-refractivity contribution in [1.82, 2.24) is 30.0 Å². The van der Waals surface area contributed by atoms with Crippen molar-refractivity contribution in [2.75, 3.05) is 26.3 Å². The number of carbonyl (C=O) groups excluding carboxylic acids is 1. The first-order valence-corrected chi connectivity index (χ1v) is 13.1. The molecule has 0 saturated carbocycles. The molecular weight excluding hydrogens is 525 g/mol. The average Bonchev–Trinajstić information content (AvgIpc) is 3.42. The molecule has 2 fully saturated rings. The quantitative estimate of drug-likeness (QED) is 0.380. The van der Waals surface area contributed by atoms with Gasteiger partial charge in [0.05, 0.1) is 49.2 Å². The smallest absolute Gasteiger partial charge is 0.378 e. The Labute approximate surface area is 227 Å². The summed E-state index contributed by atoms with van der Waals surface area (Å²) < 4.78 is 46.5. The lowest BCUT2D eigenvalue weighted by Crippen LogP contribution is -2.54. The van der Waals surface area contributed by atoms with Crippen molar-refractivity contribution in [3.8, 4) is 11.1 Å². The van der Waals surface area contributed by atoms with Gasteiger partial charge in [0.1, 0.15) is 5.69 Å². The topological polar surface area (TPSA) is 105 Å². The Balaban J connectivity index is 1.15. The summed E-state index contributed by atoms with van der Waals surface area (Å²) in [5, 5.41) is 8.92. The third-order valence-electron chi connectivity index (χ3n) is 7.60. The molecule has 2 N–H and O–H groups in total. The predicted molar refractivity (Wildman–Crippen MR) is 141 cm³/mol. The second kappa shape index (κ2) is 10.5. The van der Waals surface area contributed by atoms with Gasteiger partial charge in [0, 0.05) is 30.3 Å². The number of aromatic nitrogens is 4. The van der Waals surface area contributed by atoms with Crippen molar-refractivity contribution in [1.29, 1.82) is 0 Å². The van der Waals surface area contributed by atoms with Crippen molar-refractivity contribution in [3.05, 3.63) is 82.2 Å². The number of benzene rings is 2. The van der Waals surface area contributed by atoms with Gasteiger partial charge >= 0.3 is 6.18 Å². The van der Waals surface area contributed by atoms with Crippen LogP contribution < -0.4 is 10.9 Å². The van der Waals surface area contributed by atoms with Crippen molar-refractivity contribution in [3.63, 3.8) is 0 Å². The average molecular weight is 553 g/mol. The van der Waals surface area contributed by atoms with Crippen LogP contribution in [0.15, 0.2) is 59.8 Å². The molecule has 40 heavy (non-hydrogen) atoms. The number of piperidine rings is 1. The van der Waals surface area contributed by atoms with E-state index in [9.17, 15) is 22.8 Å². The molecule has 2 aliphatic rings. The molecule has 0 aliphatic carbocycles. The Morgan fingerprint density at radius 2 is 1.93 bits per heavy atom. The van der Waals surface area contributed by atoms with Crippen LogP contribution in [-0.4, -0.2) is 68.9 Å². The molecule has 9 nitrogen and oxygen atoms in total. The van der Waals surface area contributed by atoms with Crippen LogP contribution in [0.4, 0.5) is 13.2 Å². The van der Waals surface area contributed by atoms with Crippen LogP contribution >= 0.6 is 0 Å². The van der Waals surface area contributed by atoms with Crippen LogP contribution in [0.2, 0.25) is 0 Å². The minimum absolute atomic E-state index is 0.111. The summed E-state index contributed by atoms with van der Waals surface area (Å²) in [4.78, 5) is 32.9. The van der Waals surface area contributed by atoms with Gasteiger partial charge in [-0.15, -0.1) is 0 Å². The summed E-state index contributed by atoms with van der Waals surface area (Å²) in [5.74, 6) is -0.152. The molecule has 12 heteroatoms. The maximum Gasteiger partial charge on any atom is 0.433 e. The zero-order valence-electron chi connectivity index (χ0n) is 21.4. The van der Waals surface area contributed by atoms with Gasteiger partial charge in [-0.05, 0) is 48.2 Å². The molecule has 0 unspecified atom stereocenters. The van der Waals surface area contributed by atoms with Crippen LogP contribution in [0.5, 0.6) is 0 Å². The number of aromatic amines is 1. The summed E-state index contributed by atoms with van der Waals surface area (Å²) in [5.41, 5.74) is 0.377. The number of amides is 1. The molecule has 2 aromatic carbocycles. The second-order valence-electron chi connectivity index (χ2n) is 10.2. The normalized spacial score (nSPS) is 17.2. The molecule has 0 atom stereocenters. The van der Waals surface area contributed by atoms with Crippen molar-refractivity contribution in [2.45, 2.75) is 37.6 Å². The monoisotopic (exact) mass is 552 g/mol. The van der Waals surface area contributed by atoms with E-state index in [0.29, 0.717) is 11.6 Å². The number of rotatable bonds is 6. The Kier molecular flexibility index (Phi) is 6.88. The molecule has 2 aromatic heterocycles. The first kappa shape index (κ1) is 26.2. The Morgan fingerprint density at radius 3 is 2.65 bits per heavy atom. The van der Waals surface area contributed by atoms with E-state index < -0.39 is 11.9 Å². The van der Waals surface area contributed by atoms with Crippen molar-refractivity contribution < 1.29 is 22.7 Å². The van der Waals surface area contributed by atoms with Crippen LogP contribution in [0.1, 0.15) is 34.5 Å². The number of fused-ring (bicyclic) bond motifs is 1. The summed E-state index contributed by atoms with van der Waals surface area (Å²) in [6.07, 6.45) is -0.351. The first-order chi connectivity index (χ1) is 19.3. The van der Waals surface area contributed by atoms with E-state index in [2.05, 4.69) is 20.3 Å². The van der Waals surface area contributed by atoms with Gasteiger partial charge in [-0.3, -0.25) is 24.2 Å². The Hall–Kier alpha value is -4.03. The largest absolute Gasteiger partial charge is 0.433 e. The number of ether oxygens (including phenoxy) is 1. The standard InChI is InChI=1S/C28H27F3N6O3/c29-28(30,31)25-23(12-33-35-25)18-4-5-22-24(11-18)32-16-37(27(22)39)13-17-2-1-3-19(10-17)26(38)34-20-6-8-36(9-7-20)21-14-40-15-21/h1-5,10-12,16,20-21H,6-9,13-15H2,(H,33,35)(H,34,38). The number of alkyl halides is 3. The lowest BCUT2D eigenvalue weighted by atomic mass is 10.0. The number of carbonyl (C=O) groups is 1. The van der Waals surface area contributed by atoms with Gasteiger partial charge in [-0.25, -0.2) is 4.98 Å². The van der Waals surface area contributed by atoms with Gasteiger partial charge in [0.15, 0.2) is 0 Å². The van der Waals surface area contributed by atoms with Crippen LogP contribution in [-0.2, 0) is 17.5 Å². The minimum Gasteiger partial charge on any atom is -0.378 e.